The van der Waals surface area contributed by atoms with Crippen molar-refractivity contribution in [3.05, 3.63) is 34.9 Å². The molecule has 0 radical (unpaired) electrons. The second-order valence-corrected chi connectivity index (χ2v) is 5.28. The zero-order valence-electron chi connectivity index (χ0n) is 10.5. The molecule has 1 aromatic rings. The zero-order chi connectivity index (χ0) is 13.1. The Bertz CT molecular complexity index is 384. The average Bonchev–Trinajstić information content (AvgIpc) is 2.26. The van der Waals surface area contributed by atoms with E-state index in [0.29, 0.717) is 23.8 Å². The lowest BCUT2D eigenvalue weighted by atomic mass is 9.72. The highest BCUT2D eigenvalue weighted by molar-refractivity contribution is 6.30. The maximum atomic E-state index is 11.6. The Labute approximate surface area is 108 Å². The Hall–Kier alpha value is -1.02. The number of halogens is 1. The predicted octanol–water partition coefficient (Wildman–Crippen LogP) is 4.12. The highest BCUT2D eigenvalue weighted by Gasteiger charge is 2.38. The number of hydrogen-bond donors (Lipinski definition) is 1. The molecule has 1 aromatic carbocycles. The van der Waals surface area contributed by atoms with Crippen molar-refractivity contribution in [3.8, 4) is 0 Å². The fourth-order valence-corrected chi connectivity index (χ4v) is 2.42. The first kappa shape index (κ1) is 14.0. The Balaban J connectivity index is 3.21. The van der Waals surface area contributed by atoms with Gasteiger partial charge < -0.3 is 5.11 Å². The van der Waals surface area contributed by atoms with Gasteiger partial charge in [-0.25, -0.2) is 0 Å². The lowest BCUT2D eigenvalue weighted by Gasteiger charge is -2.30. The predicted molar refractivity (Wildman–Crippen MR) is 70.5 cm³/mol. The molecule has 0 heterocycles. The van der Waals surface area contributed by atoms with Gasteiger partial charge in [0, 0.05) is 5.02 Å². The Morgan fingerprint density at radius 3 is 2.24 bits per heavy atom. The van der Waals surface area contributed by atoms with Crippen molar-refractivity contribution in [1.82, 2.24) is 0 Å². The van der Waals surface area contributed by atoms with E-state index in [4.69, 9.17) is 11.6 Å². The van der Waals surface area contributed by atoms with Crippen LogP contribution in [0.3, 0.4) is 0 Å². The van der Waals surface area contributed by atoms with Crippen LogP contribution in [-0.4, -0.2) is 11.1 Å². The van der Waals surface area contributed by atoms with Crippen molar-refractivity contribution in [2.45, 2.75) is 39.0 Å². The summed E-state index contributed by atoms with van der Waals surface area (Å²) in [5, 5.41) is 10.2. The monoisotopic (exact) mass is 254 g/mol. The lowest BCUT2D eigenvalue weighted by Crippen LogP contribution is -2.36. The number of carbonyl (C=O) groups is 1. The molecule has 0 aliphatic heterocycles. The lowest BCUT2D eigenvalue weighted by molar-refractivity contribution is -0.144. The molecule has 0 bridgehead atoms. The van der Waals surface area contributed by atoms with Crippen molar-refractivity contribution in [2.75, 3.05) is 0 Å². The number of benzene rings is 1. The molecule has 2 nitrogen and oxygen atoms in total. The molecule has 0 aliphatic rings. The summed E-state index contributed by atoms with van der Waals surface area (Å²) < 4.78 is 0. The summed E-state index contributed by atoms with van der Waals surface area (Å²) in [6, 6.07) is 7.15. The van der Waals surface area contributed by atoms with Crippen molar-refractivity contribution in [2.24, 2.45) is 5.92 Å². The molecule has 0 aliphatic carbocycles. The van der Waals surface area contributed by atoms with Crippen molar-refractivity contribution in [1.29, 1.82) is 0 Å². The minimum Gasteiger partial charge on any atom is -0.481 e. The Morgan fingerprint density at radius 2 is 1.88 bits per heavy atom. The fourth-order valence-electron chi connectivity index (χ4n) is 2.29. The minimum atomic E-state index is -0.793. The quantitative estimate of drug-likeness (QED) is 0.858. The van der Waals surface area contributed by atoms with Gasteiger partial charge in [0.15, 0.2) is 0 Å². The Kier molecular flexibility index (Phi) is 4.58. The third-order valence-electron chi connectivity index (χ3n) is 3.17. The van der Waals surface area contributed by atoms with Gasteiger partial charge in [0.1, 0.15) is 0 Å². The van der Waals surface area contributed by atoms with E-state index in [9.17, 15) is 9.90 Å². The van der Waals surface area contributed by atoms with E-state index in [-0.39, 0.29) is 0 Å². The third kappa shape index (κ3) is 3.01. The number of hydrogen-bond acceptors (Lipinski definition) is 1. The molecule has 0 amide bonds. The van der Waals surface area contributed by atoms with Gasteiger partial charge in [-0.05, 0) is 36.5 Å². The first-order chi connectivity index (χ1) is 7.92. The standard InChI is InChI=1S/C14H19ClO2/c1-4-14(13(16)17,9-10(2)3)11-5-7-12(15)8-6-11/h5-8,10H,4,9H2,1-3H3,(H,16,17). The van der Waals surface area contributed by atoms with Crippen LogP contribution in [0.5, 0.6) is 0 Å². The van der Waals surface area contributed by atoms with Crippen LogP contribution in [0.4, 0.5) is 0 Å². The van der Waals surface area contributed by atoms with Gasteiger partial charge in [0.2, 0.25) is 0 Å². The normalized spacial score (nSPS) is 14.6. The van der Waals surface area contributed by atoms with Crippen LogP contribution < -0.4 is 0 Å². The number of aliphatic carboxylic acids is 1. The topological polar surface area (TPSA) is 37.3 Å². The van der Waals surface area contributed by atoms with Crippen molar-refractivity contribution >= 4 is 17.6 Å². The molecule has 94 valence electrons. The third-order valence-corrected chi connectivity index (χ3v) is 3.42. The number of carboxylic acid groups (broad SMARTS) is 1. The van der Waals surface area contributed by atoms with E-state index in [1.807, 2.05) is 32.9 Å². The summed E-state index contributed by atoms with van der Waals surface area (Å²) in [6.07, 6.45) is 1.22. The molecule has 1 atom stereocenters. The molecule has 0 aromatic heterocycles. The Morgan fingerprint density at radius 1 is 1.35 bits per heavy atom. The van der Waals surface area contributed by atoms with Gasteiger partial charge in [0.05, 0.1) is 5.41 Å². The van der Waals surface area contributed by atoms with E-state index in [0.717, 1.165) is 5.56 Å². The zero-order valence-corrected chi connectivity index (χ0v) is 11.3. The van der Waals surface area contributed by atoms with Crippen LogP contribution in [0.1, 0.15) is 39.2 Å². The summed E-state index contributed by atoms with van der Waals surface area (Å²) in [7, 11) is 0. The van der Waals surface area contributed by atoms with Gasteiger partial charge in [-0.15, -0.1) is 0 Å². The molecule has 1 unspecified atom stereocenters. The van der Waals surface area contributed by atoms with E-state index < -0.39 is 11.4 Å². The molecule has 0 saturated heterocycles. The average molecular weight is 255 g/mol. The molecule has 0 spiro atoms. The van der Waals surface area contributed by atoms with E-state index in [1.165, 1.54) is 0 Å². The minimum absolute atomic E-state index is 0.335. The van der Waals surface area contributed by atoms with Crippen molar-refractivity contribution < 1.29 is 9.90 Å². The summed E-state index contributed by atoms with van der Waals surface area (Å²) in [5.74, 6) is -0.419. The smallest absolute Gasteiger partial charge is 0.314 e. The van der Waals surface area contributed by atoms with E-state index in [2.05, 4.69) is 0 Å². The molecule has 3 heteroatoms. The van der Waals surface area contributed by atoms with Crippen LogP contribution in [0.25, 0.3) is 0 Å². The van der Waals surface area contributed by atoms with Crippen molar-refractivity contribution in [3.63, 3.8) is 0 Å². The van der Waals surface area contributed by atoms with Gasteiger partial charge in [-0.2, -0.15) is 0 Å². The maximum absolute atomic E-state index is 11.6. The van der Waals surface area contributed by atoms with Gasteiger partial charge in [-0.3, -0.25) is 4.79 Å². The van der Waals surface area contributed by atoms with Gasteiger partial charge >= 0.3 is 5.97 Å². The first-order valence-electron chi connectivity index (χ1n) is 5.92. The fraction of sp³-hybridized carbons (Fsp3) is 0.500. The molecule has 0 fully saturated rings. The van der Waals surface area contributed by atoms with Crippen LogP contribution in [0.15, 0.2) is 24.3 Å². The summed E-state index contributed by atoms with van der Waals surface area (Å²) in [5.41, 5.74) is 0.0456. The summed E-state index contributed by atoms with van der Waals surface area (Å²) in [6.45, 7) is 6.01. The first-order valence-corrected chi connectivity index (χ1v) is 6.29. The largest absolute Gasteiger partial charge is 0.481 e. The molecule has 0 saturated carbocycles. The second-order valence-electron chi connectivity index (χ2n) is 4.85. The SMILES string of the molecule is CCC(CC(C)C)(C(=O)O)c1ccc(Cl)cc1. The van der Waals surface area contributed by atoms with Crippen LogP contribution in [0, 0.1) is 5.92 Å². The van der Waals surface area contributed by atoms with Gasteiger partial charge in [-0.1, -0.05) is 44.5 Å². The highest BCUT2D eigenvalue weighted by atomic mass is 35.5. The van der Waals surface area contributed by atoms with Crippen LogP contribution >= 0.6 is 11.6 Å². The highest BCUT2D eigenvalue weighted by Crippen LogP contribution is 2.35. The second kappa shape index (κ2) is 5.54. The van der Waals surface area contributed by atoms with E-state index in [1.54, 1.807) is 12.1 Å². The van der Waals surface area contributed by atoms with Crippen LogP contribution in [-0.2, 0) is 10.2 Å². The molecule has 1 N–H and O–H groups in total. The van der Waals surface area contributed by atoms with Crippen LogP contribution in [0.2, 0.25) is 5.02 Å². The summed E-state index contributed by atoms with van der Waals surface area (Å²) in [4.78, 5) is 11.6. The molecular weight excluding hydrogens is 236 g/mol. The van der Waals surface area contributed by atoms with E-state index >= 15 is 0 Å². The molecule has 1 rings (SSSR count). The molecular formula is C14H19ClO2. The number of rotatable bonds is 5. The van der Waals surface area contributed by atoms with Gasteiger partial charge in [0.25, 0.3) is 0 Å². The summed E-state index contributed by atoms with van der Waals surface area (Å²) >= 11 is 5.84. The number of carboxylic acids is 1. The maximum Gasteiger partial charge on any atom is 0.314 e. The molecule has 17 heavy (non-hydrogen) atoms.